The number of hydrogen-bond donors (Lipinski definition) is 0. The molecule has 3 nitrogen and oxygen atoms in total. The van der Waals surface area contributed by atoms with Crippen molar-refractivity contribution in [3.63, 3.8) is 0 Å². The first-order chi connectivity index (χ1) is 13.3. The predicted molar refractivity (Wildman–Crippen MR) is 115 cm³/mol. The minimum atomic E-state index is 0.996. The smallest absolute Gasteiger partial charge is 0.0526 e. The van der Waals surface area contributed by atoms with E-state index in [0.717, 1.165) is 26.2 Å². The Morgan fingerprint density at radius 2 is 1.59 bits per heavy atom. The second kappa shape index (κ2) is 8.34. The topological polar surface area (TPSA) is 19.4 Å². The van der Waals surface area contributed by atoms with Gasteiger partial charge < -0.3 is 9.80 Å². The Morgan fingerprint density at radius 1 is 0.889 bits per heavy atom. The SMILES string of the molecule is CSc1ccc(C2=C=CC=CC=C2N2CCN(c3ccncc3)CC2)cc1. The molecule has 4 rings (SSSR count). The van der Waals surface area contributed by atoms with Crippen LogP contribution in [0, 0.1) is 0 Å². The molecule has 1 aromatic carbocycles. The number of benzene rings is 1. The Kier molecular flexibility index (Phi) is 5.47. The number of thioether (sulfide) groups is 1. The van der Waals surface area contributed by atoms with Gasteiger partial charge in [0, 0.05) is 54.7 Å². The molecule has 27 heavy (non-hydrogen) atoms. The molecule has 1 aromatic heterocycles. The molecular weight excluding hydrogens is 350 g/mol. The van der Waals surface area contributed by atoms with Crippen LogP contribution in [0.3, 0.4) is 0 Å². The largest absolute Gasteiger partial charge is 0.368 e. The fourth-order valence-corrected chi connectivity index (χ4v) is 3.91. The third-order valence-electron chi connectivity index (χ3n) is 4.97. The highest BCUT2D eigenvalue weighted by Crippen LogP contribution is 2.29. The first kappa shape index (κ1) is 17.7. The van der Waals surface area contributed by atoms with E-state index in [0.29, 0.717) is 0 Å². The van der Waals surface area contributed by atoms with Gasteiger partial charge in [-0.05, 0) is 48.2 Å². The van der Waals surface area contributed by atoms with Crippen molar-refractivity contribution in [1.29, 1.82) is 0 Å². The van der Waals surface area contributed by atoms with Crippen LogP contribution in [-0.2, 0) is 0 Å². The van der Waals surface area contributed by atoms with Crippen LogP contribution in [0.25, 0.3) is 5.57 Å². The number of allylic oxidation sites excluding steroid dienone is 4. The summed E-state index contributed by atoms with van der Waals surface area (Å²) in [4.78, 5) is 10.3. The van der Waals surface area contributed by atoms with E-state index in [1.54, 1.807) is 11.8 Å². The average Bonchev–Trinajstić information content (AvgIpc) is 3.01. The quantitative estimate of drug-likeness (QED) is 0.575. The lowest BCUT2D eigenvalue weighted by Gasteiger charge is -2.38. The van der Waals surface area contributed by atoms with Crippen LogP contribution in [-0.4, -0.2) is 42.3 Å². The van der Waals surface area contributed by atoms with Crippen molar-refractivity contribution in [2.24, 2.45) is 0 Å². The van der Waals surface area contributed by atoms with E-state index in [2.05, 4.69) is 81.4 Å². The van der Waals surface area contributed by atoms with Crippen molar-refractivity contribution in [2.45, 2.75) is 4.90 Å². The Hall–Kier alpha value is -2.68. The molecule has 1 fully saturated rings. The van der Waals surface area contributed by atoms with E-state index in [1.807, 2.05) is 18.5 Å². The Labute approximate surface area is 165 Å². The zero-order chi connectivity index (χ0) is 18.5. The van der Waals surface area contributed by atoms with Crippen LogP contribution >= 0.6 is 11.8 Å². The molecule has 4 heteroatoms. The summed E-state index contributed by atoms with van der Waals surface area (Å²) in [5, 5.41) is 0. The minimum absolute atomic E-state index is 0.996. The monoisotopic (exact) mass is 373 g/mol. The highest BCUT2D eigenvalue weighted by Gasteiger charge is 2.22. The summed E-state index contributed by atoms with van der Waals surface area (Å²) in [5.74, 6) is 0. The molecule has 1 aliphatic carbocycles. The number of rotatable bonds is 4. The minimum Gasteiger partial charge on any atom is -0.368 e. The van der Waals surface area contributed by atoms with E-state index >= 15 is 0 Å². The van der Waals surface area contributed by atoms with Crippen LogP contribution in [0.4, 0.5) is 5.69 Å². The highest BCUT2D eigenvalue weighted by atomic mass is 32.2. The fraction of sp³-hybridized carbons (Fsp3) is 0.217. The number of pyridine rings is 1. The molecule has 1 aliphatic heterocycles. The van der Waals surface area contributed by atoms with Gasteiger partial charge in [0.1, 0.15) is 0 Å². The van der Waals surface area contributed by atoms with E-state index in [-0.39, 0.29) is 0 Å². The number of piperazine rings is 1. The van der Waals surface area contributed by atoms with Crippen LogP contribution in [0.15, 0.2) is 89.4 Å². The summed E-state index contributed by atoms with van der Waals surface area (Å²) in [6.07, 6.45) is 14.2. The molecule has 0 amide bonds. The molecule has 1 saturated heterocycles. The standard InChI is InChI=1S/C23H23N3S/c1-27-21-9-7-19(8-10-21)22-5-3-2-4-6-23(22)26-17-15-25(16-18-26)20-11-13-24-14-12-20/h2-4,6-14H,15-18H2,1H3. The maximum atomic E-state index is 4.12. The van der Waals surface area contributed by atoms with Gasteiger partial charge in [0.15, 0.2) is 0 Å². The van der Waals surface area contributed by atoms with Gasteiger partial charge in [0.05, 0.1) is 5.70 Å². The summed E-state index contributed by atoms with van der Waals surface area (Å²) < 4.78 is 0. The molecule has 0 atom stereocenters. The van der Waals surface area contributed by atoms with E-state index in [1.165, 1.54) is 27.4 Å². The summed E-state index contributed by atoms with van der Waals surface area (Å²) in [5.41, 5.74) is 8.39. The molecule has 2 heterocycles. The van der Waals surface area contributed by atoms with E-state index in [9.17, 15) is 0 Å². The van der Waals surface area contributed by atoms with Crippen molar-refractivity contribution >= 4 is 23.0 Å². The van der Waals surface area contributed by atoms with Gasteiger partial charge in [0.25, 0.3) is 0 Å². The molecule has 0 saturated carbocycles. The molecule has 0 spiro atoms. The Bertz CT molecular complexity index is 898. The first-order valence-electron chi connectivity index (χ1n) is 9.23. The van der Waals surface area contributed by atoms with Crippen LogP contribution in [0.1, 0.15) is 5.56 Å². The van der Waals surface area contributed by atoms with Gasteiger partial charge in [0.2, 0.25) is 0 Å². The van der Waals surface area contributed by atoms with Crippen molar-refractivity contribution in [1.82, 2.24) is 9.88 Å². The van der Waals surface area contributed by atoms with Crippen molar-refractivity contribution in [3.05, 3.63) is 90.1 Å². The van der Waals surface area contributed by atoms with Crippen LogP contribution in [0.2, 0.25) is 0 Å². The molecule has 0 N–H and O–H groups in total. The van der Waals surface area contributed by atoms with Crippen molar-refractivity contribution in [3.8, 4) is 0 Å². The molecule has 136 valence electrons. The summed E-state index contributed by atoms with van der Waals surface area (Å²) >= 11 is 1.77. The van der Waals surface area contributed by atoms with Gasteiger partial charge in [-0.2, -0.15) is 0 Å². The van der Waals surface area contributed by atoms with Gasteiger partial charge in [-0.3, -0.25) is 4.98 Å². The molecule has 2 aromatic rings. The lowest BCUT2D eigenvalue weighted by atomic mass is 10.0. The Balaban J connectivity index is 1.54. The number of hydrogen-bond acceptors (Lipinski definition) is 4. The zero-order valence-electron chi connectivity index (χ0n) is 15.5. The number of nitrogens with zero attached hydrogens (tertiary/aromatic N) is 3. The maximum absolute atomic E-state index is 4.12. The summed E-state index contributed by atoms with van der Waals surface area (Å²) in [6.45, 7) is 4.01. The summed E-state index contributed by atoms with van der Waals surface area (Å²) in [6, 6.07) is 13.0. The zero-order valence-corrected chi connectivity index (χ0v) is 16.3. The summed E-state index contributed by atoms with van der Waals surface area (Å²) in [7, 11) is 0. The highest BCUT2D eigenvalue weighted by molar-refractivity contribution is 7.98. The van der Waals surface area contributed by atoms with E-state index < -0.39 is 0 Å². The van der Waals surface area contributed by atoms with Gasteiger partial charge in [-0.1, -0.05) is 24.3 Å². The Morgan fingerprint density at radius 3 is 2.30 bits per heavy atom. The van der Waals surface area contributed by atoms with Gasteiger partial charge >= 0.3 is 0 Å². The number of aromatic nitrogens is 1. The lowest BCUT2D eigenvalue weighted by Crippen LogP contribution is -2.46. The molecule has 0 unspecified atom stereocenters. The lowest BCUT2D eigenvalue weighted by molar-refractivity contribution is 0.333. The average molecular weight is 374 g/mol. The normalized spacial score (nSPS) is 16.8. The van der Waals surface area contributed by atoms with Gasteiger partial charge in [-0.25, -0.2) is 0 Å². The van der Waals surface area contributed by atoms with Crippen LogP contribution in [0.5, 0.6) is 0 Å². The second-order valence-electron chi connectivity index (χ2n) is 6.53. The molecule has 2 aliphatic rings. The van der Waals surface area contributed by atoms with E-state index in [4.69, 9.17) is 0 Å². The maximum Gasteiger partial charge on any atom is 0.0526 e. The fourth-order valence-electron chi connectivity index (χ4n) is 3.50. The molecule has 0 radical (unpaired) electrons. The second-order valence-corrected chi connectivity index (χ2v) is 7.41. The predicted octanol–water partition coefficient (Wildman–Crippen LogP) is 4.62. The third-order valence-corrected chi connectivity index (χ3v) is 5.72. The van der Waals surface area contributed by atoms with Crippen molar-refractivity contribution < 1.29 is 0 Å². The van der Waals surface area contributed by atoms with Gasteiger partial charge in [-0.15, -0.1) is 17.5 Å². The van der Waals surface area contributed by atoms with Crippen LogP contribution < -0.4 is 4.90 Å². The first-order valence-corrected chi connectivity index (χ1v) is 10.5. The third kappa shape index (κ3) is 4.02. The molecule has 0 bridgehead atoms. The van der Waals surface area contributed by atoms with Crippen molar-refractivity contribution in [2.75, 3.05) is 37.3 Å². The molecular formula is C23H23N3S. The number of anilines is 1.